The van der Waals surface area contributed by atoms with Crippen LogP contribution in [0.5, 0.6) is 0 Å². The molecule has 0 heterocycles. The third-order valence-corrected chi connectivity index (χ3v) is 2.28. The van der Waals surface area contributed by atoms with Crippen molar-refractivity contribution in [1.29, 1.82) is 0 Å². The van der Waals surface area contributed by atoms with Crippen molar-refractivity contribution in [2.24, 2.45) is 5.16 Å². The molecule has 4 nitrogen and oxygen atoms in total. The van der Waals surface area contributed by atoms with Gasteiger partial charge in [0.05, 0.1) is 5.71 Å². The van der Waals surface area contributed by atoms with Gasteiger partial charge in [0.2, 0.25) is 0 Å². The molecule has 0 bridgehead atoms. The fraction of sp³-hybridized carbons (Fsp3) is 0.333. The van der Waals surface area contributed by atoms with Crippen molar-refractivity contribution >= 4 is 11.7 Å². The van der Waals surface area contributed by atoms with E-state index >= 15 is 0 Å². The van der Waals surface area contributed by atoms with Crippen LogP contribution in [0, 0.1) is 0 Å². The van der Waals surface area contributed by atoms with E-state index in [0.29, 0.717) is 25.0 Å². The summed E-state index contributed by atoms with van der Waals surface area (Å²) < 4.78 is 0. The average Bonchev–Trinajstić information content (AvgIpc) is 2.30. The molecule has 0 radical (unpaired) electrons. The Labute approximate surface area is 94.2 Å². The monoisotopic (exact) mass is 221 g/mol. The lowest BCUT2D eigenvalue weighted by Crippen LogP contribution is -2.02. The number of hydrogen-bond donors (Lipinski definition) is 2. The third kappa shape index (κ3) is 4.13. The predicted octanol–water partition coefficient (Wildman–Crippen LogP) is 2.51. The van der Waals surface area contributed by atoms with Crippen LogP contribution in [-0.4, -0.2) is 22.0 Å². The first-order chi connectivity index (χ1) is 7.74. The van der Waals surface area contributed by atoms with Crippen LogP contribution in [0.2, 0.25) is 0 Å². The highest BCUT2D eigenvalue weighted by Crippen LogP contribution is 2.09. The lowest BCUT2D eigenvalue weighted by atomic mass is 10.0. The standard InChI is InChI=1S/C12H15NO3/c14-12(15)9-5-4-8-11(13-16)10-6-2-1-3-7-10/h1-3,6-7,16H,4-5,8-9H2,(H,14,15). The highest BCUT2D eigenvalue weighted by molar-refractivity contribution is 6.00. The zero-order valence-electron chi connectivity index (χ0n) is 8.97. The summed E-state index contributed by atoms with van der Waals surface area (Å²) >= 11 is 0. The Hall–Kier alpha value is -1.84. The van der Waals surface area contributed by atoms with Gasteiger partial charge in [-0.2, -0.15) is 0 Å². The van der Waals surface area contributed by atoms with E-state index in [2.05, 4.69) is 5.16 Å². The molecule has 1 rings (SSSR count). The number of aliphatic carboxylic acids is 1. The van der Waals surface area contributed by atoms with Crippen molar-refractivity contribution in [3.8, 4) is 0 Å². The van der Waals surface area contributed by atoms with Crippen molar-refractivity contribution < 1.29 is 15.1 Å². The second-order valence-electron chi connectivity index (χ2n) is 3.51. The molecule has 2 N–H and O–H groups in total. The van der Waals surface area contributed by atoms with Crippen LogP contribution in [0.15, 0.2) is 35.5 Å². The first-order valence-electron chi connectivity index (χ1n) is 5.22. The Morgan fingerprint density at radius 1 is 1.12 bits per heavy atom. The summed E-state index contributed by atoms with van der Waals surface area (Å²) in [4.78, 5) is 10.3. The molecule has 0 amide bonds. The van der Waals surface area contributed by atoms with Gasteiger partial charge in [0.1, 0.15) is 0 Å². The van der Waals surface area contributed by atoms with Gasteiger partial charge in [-0.05, 0) is 24.8 Å². The topological polar surface area (TPSA) is 69.9 Å². The van der Waals surface area contributed by atoms with Crippen LogP contribution in [0.3, 0.4) is 0 Å². The summed E-state index contributed by atoms with van der Waals surface area (Å²) in [6.45, 7) is 0. The third-order valence-electron chi connectivity index (χ3n) is 2.28. The molecule has 4 heteroatoms. The molecule has 86 valence electrons. The number of rotatable bonds is 6. The van der Waals surface area contributed by atoms with Crippen molar-refractivity contribution in [3.05, 3.63) is 35.9 Å². The molecule has 1 aromatic carbocycles. The summed E-state index contributed by atoms with van der Waals surface area (Å²) in [7, 11) is 0. The summed E-state index contributed by atoms with van der Waals surface area (Å²) in [6.07, 6.45) is 2.06. The molecule has 0 aliphatic heterocycles. The maximum Gasteiger partial charge on any atom is 0.303 e. The number of benzene rings is 1. The van der Waals surface area contributed by atoms with Gasteiger partial charge < -0.3 is 10.3 Å². The Bertz CT molecular complexity index is 360. The van der Waals surface area contributed by atoms with Crippen LogP contribution in [0.25, 0.3) is 0 Å². The van der Waals surface area contributed by atoms with Crippen LogP contribution in [-0.2, 0) is 4.79 Å². The minimum absolute atomic E-state index is 0.160. The van der Waals surface area contributed by atoms with E-state index in [1.807, 2.05) is 30.3 Å². The SMILES string of the molecule is O=C(O)CCCCC(=NO)c1ccccc1. The van der Waals surface area contributed by atoms with Crippen molar-refractivity contribution in [2.75, 3.05) is 0 Å². The van der Waals surface area contributed by atoms with E-state index < -0.39 is 5.97 Å². The number of hydrogen-bond acceptors (Lipinski definition) is 3. The molecule has 16 heavy (non-hydrogen) atoms. The van der Waals surface area contributed by atoms with Crippen LogP contribution in [0.4, 0.5) is 0 Å². The van der Waals surface area contributed by atoms with E-state index in [1.165, 1.54) is 0 Å². The summed E-state index contributed by atoms with van der Waals surface area (Å²) in [5.74, 6) is -0.790. The first-order valence-corrected chi connectivity index (χ1v) is 5.22. The molecular formula is C12H15NO3. The van der Waals surface area contributed by atoms with E-state index in [1.54, 1.807) is 0 Å². The van der Waals surface area contributed by atoms with Gasteiger partial charge >= 0.3 is 5.97 Å². The van der Waals surface area contributed by atoms with E-state index in [9.17, 15) is 4.79 Å². The molecule has 0 fully saturated rings. The fourth-order valence-corrected chi connectivity index (χ4v) is 1.45. The van der Waals surface area contributed by atoms with Crippen molar-refractivity contribution in [3.63, 3.8) is 0 Å². The average molecular weight is 221 g/mol. The molecule has 1 aromatic rings. The molecule has 0 atom stereocenters. The minimum atomic E-state index is -0.790. The maximum atomic E-state index is 10.3. The summed E-state index contributed by atoms with van der Waals surface area (Å²) in [6, 6.07) is 9.37. The lowest BCUT2D eigenvalue weighted by molar-refractivity contribution is -0.137. The zero-order chi connectivity index (χ0) is 11.8. The molecular weight excluding hydrogens is 206 g/mol. The Kier molecular flexibility index (Phi) is 5.05. The number of nitrogens with zero attached hydrogens (tertiary/aromatic N) is 1. The summed E-state index contributed by atoms with van der Waals surface area (Å²) in [5, 5.41) is 20.6. The van der Waals surface area contributed by atoms with E-state index in [-0.39, 0.29) is 6.42 Å². The number of carboxylic acid groups (broad SMARTS) is 1. The molecule has 0 spiro atoms. The zero-order valence-corrected chi connectivity index (χ0v) is 8.97. The van der Waals surface area contributed by atoms with Gasteiger partial charge in [0.15, 0.2) is 0 Å². The number of carboxylic acids is 1. The smallest absolute Gasteiger partial charge is 0.303 e. The van der Waals surface area contributed by atoms with E-state index in [0.717, 1.165) is 5.56 Å². The number of oxime groups is 1. The molecule has 0 saturated carbocycles. The second-order valence-corrected chi connectivity index (χ2v) is 3.51. The highest BCUT2D eigenvalue weighted by Gasteiger charge is 2.04. The van der Waals surface area contributed by atoms with Crippen molar-refractivity contribution in [2.45, 2.75) is 25.7 Å². The fourth-order valence-electron chi connectivity index (χ4n) is 1.45. The second kappa shape index (κ2) is 6.61. The summed E-state index contributed by atoms with van der Waals surface area (Å²) in [5.41, 5.74) is 1.48. The van der Waals surface area contributed by atoms with Gasteiger partial charge in [-0.3, -0.25) is 4.79 Å². The minimum Gasteiger partial charge on any atom is -0.481 e. The van der Waals surface area contributed by atoms with Gasteiger partial charge in [-0.15, -0.1) is 0 Å². The van der Waals surface area contributed by atoms with Crippen LogP contribution >= 0.6 is 0 Å². The largest absolute Gasteiger partial charge is 0.481 e. The number of unbranched alkanes of at least 4 members (excludes halogenated alkanes) is 1. The Morgan fingerprint density at radius 3 is 2.31 bits per heavy atom. The molecule has 0 saturated heterocycles. The normalized spacial score (nSPS) is 11.4. The number of carbonyl (C=O) groups is 1. The van der Waals surface area contributed by atoms with Crippen LogP contribution in [0.1, 0.15) is 31.2 Å². The highest BCUT2D eigenvalue weighted by atomic mass is 16.4. The molecule has 0 aromatic heterocycles. The first kappa shape index (κ1) is 12.2. The Morgan fingerprint density at radius 2 is 1.75 bits per heavy atom. The maximum absolute atomic E-state index is 10.3. The van der Waals surface area contributed by atoms with Crippen LogP contribution < -0.4 is 0 Å². The quantitative estimate of drug-likeness (QED) is 0.335. The van der Waals surface area contributed by atoms with Gasteiger partial charge in [0.25, 0.3) is 0 Å². The Balaban J connectivity index is 2.43. The van der Waals surface area contributed by atoms with Gasteiger partial charge in [-0.1, -0.05) is 35.5 Å². The van der Waals surface area contributed by atoms with E-state index in [4.69, 9.17) is 10.3 Å². The molecule has 0 aliphatic carbocycles. The predicted molar refractivity (Wildman–Crippen MR) is 60.9 cm³/mol. The molecule has 0 unspecified atom stereocenters. The lowest BCUT2D eigenvalue weighted by Gasteiger charge is -2.03. The van der Waals surface area contributed by atoms with Gasteiger partial charge in [0, 0.05) is 6.42 Å². The van der Waals surface area contributed by atoms with Crippen molar-refractivity contribution in [1.82, 2.24) is 0 Å². The van der Waals surface area contributed by atoms with Gasteiger partial charge in [-0.25, -0.2) is 0 Å². The molecule has 0 aliphatic rings.